The number of rotatable bonds is 3. The second-order valence-electron chi connectivity index (χ2n) is 6.99. The molecule has 2 unspecified atom stereocenters. The fourth-order valence-corrected chi connectivity index (χ4v) is 3.91. The van der Waals surface area contributed by atoms with E-state index in [1.54, 1.807) is 0 Å². The van der Waals surface area contributed by atoms with Crippen LogP contribution in [0.2, 0.25) is 0 Å². The van der Waals surface area contributed by atoms with Gasteiger partial charge in [0.25, 0.3) is 0 Å². The molecule has 0 radical (unpaired) electrons. The molecular formula is C18H19FN6. The number of piperidine rings is 1. The normalized spacial score (nSPS) is 23.8. The van der Waals surface area contributed by atoms with Crippen LogP contribution in [-0.2, 0) is 6.54 Å². The minimum Gasteiger partial charge on any atom is -0.339 e. The van der Waals surface area contributed by atoms with E-state index in [1.165, 1.54) is 18.2 Å². The maximum atomic E-state index is 14.2. The summed E-state index contributed by atoms with van der Waals surface area (Å²) in [6, 6.07) is 6.40. The standard InChI is InChI=1S/C18H19FN6/c19-16-8-22-18(25-9-11-3-15(10-25)21-5-11)24-17(16)23-14-2-1-12-6-20-7-13(12)4-14/h1-2,4,7-8,11,15,21H,3,5-6,9-10H2,(H,22,23,24). The lowest BCUT2D eigenvalue weighted by Crippen LogP contribution is -2.42. The molecule has 6 nitrogen and oxygen atoms in total. The second kappa shape index (κ2) is 5.77. The molecule has 2 fully saturated rings. The SMILES string of the molecule is Fc1cnc(N2CC3CNC(C3)C2)nc1Nc1ccc2c(c1)C=NC2. The van der Waals surface area contributed by atoms with Gasteiger partial charge >= 0.3 is 0 Å². The van der Waals surface area contributed by atoms with Gasteiger partial charge in [-0.2, -0.15) is 4.98 Å². The van der Waals surface area contributed by atoms with Crippen LogP contribution in [0.3, 0.4) is 0 Å². The number of fused-ring (bicyclic) bond motifs is 3. The zero-order valence-electron chi connectivity index (χ0n) is 13.7. The molecule has 2 saturated heterocycles. The van der Waals surface area contributed by atoms with Gasteiger partial charge in [0.1, 0.15) is 0 Å². The van der Waals surface area contributed by atoms with Gasteiger partial charge in [-0.15, -0.1) is 0 Å². The van der Waals surface area contributed by atoms with Gasteiger partial charge < -0.3 is 15.5 Å². The van der Waals surface area contributed by atoms with Crippen molar-refractivity contribution < 1.29 is 4.39 Å². The number of anilines is 3. The van der Waals surface area contributed by atoms with Crippen molar-refractivity contribution in [2.45, 2.75) is 19.0 Å². The minimum atomic E-state index is -0.448. The first-order valence-corrected chi connectivity index (χ1v) is 8.65. The van der Waals surface area contributed by atoms with E-state index < -0.39 is 5.82 Å². The molecule has 7 heteroatoms. The van der Waals surface area contributed by atoms with Crippen LogP contribution >= 0.6 is 0 Å². The first-order valence-electron chi connectivity index (χ1n) is 8.65. The summed E-state index contributed by atoms with van der Waals surface area (Å²) in [6.07, 6.45) is 4.31. The molecule has 4 heterocycles. The van der Waals surface area contributed by atoms with Crippen molar-refractivity contribution in [3.63, 3.8) is 0 Å². The number of nitrogens with one attached hydrogen (secondary N) is 2. The number of aromatic nitrogens is 2. The first-order chi connectivity index (χ1) is 12.2. The first kappa shape index (κ1) is 14.8. The second-order valence-corrected chi connectivity index (χ2v) is 6.99. The van der Waals surface area contributed by atoms with E-state index in [9.17, 15) is 4.39 Å². The van der Waals surface area contributed by atoms with Gasteiger partial charge in [0, 0.05) is 37.6 Å². The van der Waals surface area contributed by atoms with E-state index in [4.69, 9.17) is 0 Å². The molecule has 5 rings (SSSR count). The van der Waals surface area contributed by atoms with Crippen molar-refractivity contribution in [1.29, 1.82) is 0 Å². The molecule has 2 N–H and O–H groups in total. The highest BCUT2D eigenvalue weighted by Crippen LogP contribution is 2.27. The fourth-order valence-electron chi connectivity index (χ4n) is 3.91. The van der Waals surface area contributed by atoms with Gasteiger partial charge in [-0.25, -0.2) is 9.37 Å². The third-order valence-corrected chi connectivity index (χ3v) is 5.15. The van der Waals surface area contributed by atoms with E-state index >= 15 is 0 Å². The molecule has 25 heavy (non-hydrogen) atoms. The van der Waals surface area contributed by atoms with Crippen molar-refractivity contribution in [3.8, 4) is 0 Å². The average Bonchev–Trinajstić information content (AvgIpc) is 3.22. The average molecular weight is 338 g/mol. The lowest BCUT2D eigenvalue weighted by molar-refractivity contribution is 0.468. The van der Waals surface area contributed by atoms with E-state index in [0.29, 0.717) is 24.5 Å². The van der Waals surface area contributed by atoms with Gasteiger partial charge in [0.15, 0.2) is 11.6 Å². The molecule has 3 aliphatic rings. The number of nitrogens with zero attached hydrogens (tertiary/aromatic N) is 4. The molecule has 1 aromatic heterocycles. The highest BCUT2D eigenvalue weighted by Gasteiger charge is 2.33. The van der Waals surface area contributed by atoms with Gasteiger partial charge in [-0.05, 0) is 35.6 Å². The third kappa shape index (κ3) is 2.74. The van der Waals surface area contributed by atoms with Crippen molar-refractivity contribution >= 4 is 23.7 Å². The quantitative estimate of drug-likeness (QED) is 0.897. The van der Waals surface area contributed by atoms with Gasteiger partial charge in [-0.3, -0.25) is 4.99 Å². The molecule has 0 amide bonds. The Morgan fingerprint density at radius 3 is 3.16 bits per heavy atom. The Kier molecular flexibility index (Phi) is 3.41. The van der Waals surface area contributed by atoms with Crippen LogP contribution in [0.25, 0.3) is 0 Å². The Hall–Kier alpha value is -2.54. The summed E-state index contributed by atoms with van der Waals surface area (Å²) < 4.78 is 14.2. The Morgan fingerprint density at radius 2 is 2.24 bits per heavy atom. The summed E-state index contributed by atoms with van der Waals surface area (Å²) in [7, 11) is 0. The van der Waals surface area contributed by atoms with Crippen LogP contribution in [-0.4, -0.2) is 41.9 Å². The lowest BCUT2D eigenvalue weighted by Gasteiger charge is -2.31. The molecule has 2 atom stereocenters. The Morgan fingerprint density at radius 1 is 1.28 bits per heavy atom. The van der Waals surface area contributed by atoms with E-state index in [0.717, 1.165) is 30.9 Å². The van der Waals surface area contributed by atoms with Crippen molar-refractivity contribution in [3.05, 3.63) is 41.3 Å². The van der Waals surface area contributed by atoms with Crippen LogP contribution in [0.15, 0.2) is 29.4 Å². The van der Waals surface area contributed by atoms with E-state index in [1.807, 2.05) is 24.4 Å². The molecular weight excluding hydrogens is 319 g/mol. The van der Waals surface area contributed by atoms with Crippen molar-refractivity contribution in [1.82, 2.24) is 15.3 Å². The molecule has 0 aliphatic carbocycles. The van der Waals surface area contributed by atoms with E-state index in [2.05, 4.69) is 30.5 Å². The molecule has 3 aliphatic heterocycles. The van der Waals surface area contributed by atoms with Crippen LogP contribution in [0, 0.1) is 11.7 Å². The summed E-state index contributed by atoms with van der Waals surface area (Å²) >= 11 is 0. The zero-order chi connectivity index (χ0) is 16.8. The Balaban J connectivity index is 1.40. The topological polar surface area (TPSA) is 65.4 Å². The zero-order valence-corrected chi connectivity index (χ0v) is 13.7. The molecule has 0 saturated carbocycles. The smallest absolute Gasteiger partial charge is 0.227 e. The van der Waals surface area contributed by atoms with Crippen LogP contribution in [0.4, 0.5) is 21.8 Å². The number of hydrogen-bond donors (Lipinski definition) is 2. The summed E-state index contributed by atoms with van der Waals surface area (Å²) in [5, 5.41) is 6.60. The molecule has 2 aromatic rings. The summed E-state index contributed by atoms with van der Waals surface area (Å²) in [4.78, 5) is 15.1. The van der Waals surface area contributed by atoms with Crippen LogP contribution in [0.1, 0.15) is 17.5 Å². The predicted octanol–water partition coefficient (Wildman–Crippen LogP) is 2.09. The largest absolute Gasteiger partial charge is 0.339 e. The summed E-state index contributed by atoms with van der Waals surface area (Å²) in [5.74, 6) is 0.978. The number of aliphatic imine (C=N–C) groups is 1. The van der Waals surface area contributed by atoms with Gasteiger partial charge in [0.05, 0.1) is 12.7 Å². The number of hydrogen-bond acceptors (Lipinski definition) is 6. The number of benzene rings is 1. The fraction of sp³-hybridized carbons (Fsp3) is 0.389. The molecule has 128 valence electrons. The van der Waals surface area contributed by atoms with Gasteiger partial charge in [-0.1, -0.05) is 6.07 Å². The highest BCUT2D eigenvalue weighted by atomic mass is 19.1. The Bertz CT molecular complexity index is 839. The maximum Gasteiger partial charge on any atom is 0.227 e. The highest BCUT2D eigenvalue weighted by molar-refractivity contribution is 5.86. The summed E-state index contributed by atoms with van der Waals surface area (Å²) in [6.45, 7) is 3.55. The minimum absolute atomic E-state index is 0.214. The lowest BCUT2D eigenvalue weighted by atomic mass is 10.0. The third-order valence-electron chi connectivity index (χ3n) is 5.15. The molecule has 1 aromatic carbocycles. The van der Waals surface area contributed by atoms with Crippen molar-refractivity contribution in [2.24, 2.45) is 10.9 Å². The summed E-state index contributed by atoms with van der Waals surface area (Å²) in [5.41, 5.74) is 3.06. The van der Waals surface area contributed by atoms with Crippen LogP contribution < -0.4 is 15.5 Å². The van der Waals surface area contributed by atoms with E-state index in [-0.39, 0.29) is 5.82 Å². The van der Waals surface area contributed by atoms with Crippen molar-refractivity contribution in [2.75, 3.05) is 29.9 Å². The monoisotopic (exact) mass is 338 g/mol. The number of halogens is 1. The molecule has 2 bridgehead atoms. The predicted molar refractivity (Wildman–Crippen MR) is 95.1 cm³/mol. The maximum absolute atomic E-state index is 14.2. The van der Waals surface area contributed by atoms with Crippen LogP contribution in [0.5, 0.6) is 0 Å². The van der Waals surface area contributed by atoms with Gasteiger partial charge in [0.2, 0.25) is 5.95 Å². The molecule has 0 spiro atoms. The Labute approximate surface area is 145 Å².